The van der Waals surface area contributed by atoms with Crippen molar-refractivity contribution in [2.75, 3.05) is 6.26 Å². The van der Waals surface area contributed by atoms with Crippen LogP contribution >= 0.6 is 23.1 Å². The van der Waals surface area contributed by atoms with Crippen LogP contribution in [0.5, 0.6) is 0 Å². The largest absolute Gasteiger partial charge is 0.283 e. The molecule has 2 heterocycles. The van der Waals surface area contributed by atoms with Gasteiger partial charge in [0.15, 0.2) is 5.16 Å². The summed E-state index contributed by atoms with van der Waals surface area (Å²) in [6.45, 7) is 7.56. The van der Waals surface area contributed by atoms with E-state index in [1.807, 2.05) is 29.0 Å². The smallest absolute Gasteiger partial charge is 0.263 e. The van der Waals surface area contributed by atoms with Gasteiger partial charge in [0, 0.05) is 4.88 Å². The fourth-order valence-electron chi connectivity index (χ4n) is 4.04. The molecule has 1 aliphatic carbocycles. The third kappa shape index (κ3) is 3.47. The summed E-state index contributed by atoms with van der Waals surface area (Å²) in [6.07, 6.45) is 5.23. The summed E-state index contributed by atoms with van der Waals surface area (Å²) >= 11 is 3.29. The second-order valence-electron chi connectivity index (χ2n) is 8.47. The molecule has 27 heavy (non-hydrogen) atoms. The molecular weight excluding hydrogens is 372 g/mol. The van der Waals surface area contributed by atoms with E-state index in [2.05, 4.69) is 32.9 Å². The number of thiophene rings is 1. The van der Waals surface area contributed by atoms with Gasteiger partial charge in [0.2, 0.25) is 0 Å². The lowest BCUT2D eigenvalue weighted by Crippen LogP contribution is -2.27. The van der Waals surface area contributed by atoms with Gasteiger partial charge in [0.05, 0.1) is 11.9 Å². The first-order chi connectivity index (χ1) is 12.9. The van der Waals surface area contributed by atoms with Crippen molar-refractivity contribution in [1.29, 1.82) is 0 Å². The lowest BCUT2D eigenvalue weighted by molar-refractivity contribution is 0.218. The number of fused-ring (bicyclic) bond motifs is 3. The zero-order chi connectivity index (χ0) is 19.2. The summed E-state index contributed by atoms with van der Waals surface area (Å²) in [4.78, 5) is 20.6. The molecule has 0 bridgehead atoms. The minimum Gasteiger partial charge on any atom is -0.283 e. The Labute approximate surface area is 168 Å². The average Bonchev–Trinajstić information content (AvgIpc) is 3.01. The van der Waals surface area contributed by atoms with Gasteiger partial charge in [-0.05, 0) is 48.0 Å². The van der Waals surface area contributed by atoms with E-state index in [0.29, 0.717) is 17.9 Å². The summed E-state index contributed by atoms with van der Waals surface area (Å²) in [5, 5.41) is 1.68. The van der Waals surface area contributed by atoms with Crippen molar-refractivity contribution in [3.63, 3.8) is 0 Å². The van der Waals surface area contributed by atoms with Gasteiger partial charge in [0.25, 0.3) is 5.56 Å². The number of rotatable bonds is 3. The topological polar surface area (TPSA) is 34.9 Å². The Kier molecular flexibility index (Phi) is 4.93. The van der Waals surface area contributed by atoms with E-state index in [1.54, 1.807) is 23.1 Å². The van der Waals surface area contributed by atoms with E-state index in [1.165, 1.54) is 10.4 Å². The van der Waals surface area contributed by atoms with Crippen LogP contribution in [0.15, 0.2) is 40.3 Å². The zero-order valence-corrected chi connectivity index (χ0v) is 18.0. The average molecular weight is 399 g/mol. The number of nitrogens with zero attached hydrogens (tertiary/aromatic N) is 2. The number of hydrogen-bond acceptors (Lipinski definition) is 4. The molecule has 142 valence electrons. The number of benzene rings is 1. The van der Waals surface area contributed by atoms with Crippen LogP contribution in [0, 0.1) is 11.3 Å². The Morgan fingerprint density at radius 1 is 1.26 bits per heavy atom. The van der Waals surface area contributed by atoms with Gasteiger partial charge in [-0.1, -0.05) is 62.9 Å². The third-order valence-corrected chi connectivity index (χ3v) is 7.55. The summed E-state index contributed by atoms with van der Waals surface area (Å²) in [5.41, 5.74) is 2.83. The van der Waals surface area contributed by atoms with Crippen LogP contribution in [-0.2, 0) is 19.4 Å². The monoisotopic (exact) mass is 398 g/mol. The van der Waals surface area contributed by atoms with Gasteiger partial charge >= 0.3 is 0 Å². The van der Waals surface area contributed by atoms with Gasteiger partial charge in [-0.3, -0.25) is 9.36 Å². The Balaban J connectivity index is 1.83. The predicted octanol–water partition coefficient (Wildman–Crippen LogP) is 5.38. The van der Waals surface area contributed by atoms with E-state index >= 15 is 0 Å². The number of hydrogen-bond donors (Lipinski definition) is 0. The molecule has 1 aromatic carbocycles. The van der Waals surface area contributed by atoms with E-state index < -0.39 is 0 Å². The van der Waals surface area contributed by atoms with Crippen molar-refractivity contribution in [1.82, 2.24) is 9.55 Å². The van der Waals surface area contributed by atoms with Crippen LogP contribution in [-0.4, -0.2) is 15.8 Å². The molecule has 0 N–H and O–H groups in total. The van der Waals surface area contributed by atoms with Crippen LogP contribution in [0.4, 0.5) is 0 Å². The fraction of sp³-hybridized carbons (Fsp3) is 0.455. The van der Waals surface area contributed by atoms with Crippen LogP contribution in [0.25, 0.3) is 10.2 Å². The molecular formula is C22H26N2OS2. The van der Waals surface area contributed by atoms with Crippen LogP contribution in [0.2, 0.25) is 0 Å². The first-order valence-corrected chi connectivity index (χ1v) is 11.6. The normalized spacial score (nSPS) is 17.3. The quantitative estimate of drug-likeness (QED) is 0.439. The fourth-order valence-corrected chi connectivity index (χ4v) is 5.94. The number of thioether (sulfide) groups is 1. The Morgan fingerprint density at radius 3 is 2.67 bits per heavy atom. The van der Waals surface area contributed by atoms with Crippen molar-refractivity contribution < 1.29 is 0 Å². The van der Waals surface area contributed by atoms with Gasteiger partial charge in [0.1, 0.15) is 4.83 Å². The van der Waals surface area contributed by atoms with Crippen molar-refractivity contribution in [3.8, 4) is 0 Å². The van der Waals surface area contributed by atoms with E-state index in [9.17, 15) is 4.79 Å². The van der Waals surface area contributed by atoms with E-state index in [4.69, 9.17) is 4.98 Å². The standard InChI is InChI=1S/C22H26N2OS2/c1-22(2,3)15-10-11-16-17(12-15)27-19-18(16)20(25)24(21(23-19)26-4)13-14-8-6-5-7-9-14/h5-9,15H,10-13H2,1-4H3/t15-/m0/s1. The predicted molar refractivity (Wildman–Crippen MR) is 116 cm³/mol. The van der Waals surface area contributed by atoms with Crippen molar-refractivity contribution in [2.24, 2.45) is 11.3 Å². The molecule has 0 radical (unpaired) electrons. The summed E-state index contributed by atoms with van der Waals surface area (Å²) in [7, 11) is 0. The molecule has 0 saturated heterocycles. The van der Waals surface area contributed by atoms with Gasteiger partial charge in [-0.15, -0.1) is 11.3 Å². The third-order valence-electron chi connectivity index (χ3n) is 5.72. The maximum Gasteiger partial charge on any atom is 0.263 e. The summed E-state index contributed by atoms with van der Waals surface area (Å²) in [6, 6.07) is 10.2. The SMILES string of the molecule is CSc1nc2sc3c(c2c(=O)n1Cc1ccccc1)CC[C@H](C(C)(C)C)C3. The molecule has 4 rings (SSSR count). The first kappa shape index (κ1) is 18.8. The minimum absolute atomic E-state index is 0.125. The minimum atomic E-state index is 0.125. The molecule has 0 unspecified atom stereocenters. The second-order valence-corrected chi connectivity index (χ2v) is 10.3. The van der Waals surface area contributed by atoms with Crippen LogP contribution in [0.1, 0.15) is 43.2 Å². The number of aromatic nitrogens is 2. The molecule has 5 heteroatoms. The second kappa shape index (κ2) is 7.10. The maximum absolute atomic E-state index is 13.4. The molecule has 0 saturated carbocycles. The highest BCUT2D eigenvalue weighted by Crippen LogP contribution is 2.42. The molecule has 2 aromatic heterocycles. The Morgan fingerprint density at radius 2 is 2.00 bits per heavy atom. The van der Waals surface area contributed by atoms with E-state index in [0.717, 1.165) is 40.2 Å². The lowest BCUT2D eigenvalue weighted by Gasteiger charge is -2.33. The van der Waals surface area contributed by atoms with E-state index in [-0.39, 0.29) is 5.56 Å². The summed E-state index contributed by atoms with van der Waals surface area (Å²) < 4.78 is 1.85. The molecule has 0 spiro atoms. The summed E-state index contributed by atoms with van der Waals surface area (Å²) in [5.74, 6) is 0.671. The lowest BCUT2D eigenvalue weighted by atomic mass is 9.72. The van der Waals surface area contributed by atoms with Gasteiger partial charge in [-0.25, -0.2) is 4.98 Å². The highest BCUT2D eigenvalue weighted by molar-refractivity contribution is 7.98. The van der Waals surface area contributed by atoms with Gasteiger partial charge in [-0.2, -0.15) is 0 Å². The molecule has 3 nitrogen and oxygen atoms in total. The molecule has 0 fully saturated rings. The highest BCUT2D eigenvalue weighted by Gasteiger charge is 2.32. The highest BCUT2D eigenvalue weighted by atomic mass is 32.2. The molecule has 1 atom stereocenters. The van der Waals surface area contributed by atoms with Crippen LogP contribution < -0.4 is 5.56 Å². The molecule has 3 aromatic rings. The Hall–Kier alpha value is -1.59. The van der Waals surface area contributed by atoms with Gasteiger partial charge < -0.3 is 0 Å². The zero-order valence-electron chi connectivity index (χ0n) is 16.4. The maximum atomic E-state index is 13.4. The molecule has 0 aliphatic heterocycles. The van der Waals surface area contributed by atoms with Crippen molar-refractivity contribution in [2.45, 2.75) is 51.7 Å². The molecule has 0 amide bonds. The first-order valence-electron chi connectivity index (χ1n) is 9.51. The number of aryl methyl sites for hydroxylation is 1. The van der Waals surface area contributed by atoms with Crippen LogP contribution in [0.3, 0.4) is 0 Å². The molecule has 1 aliphatic rings. The van der Waals surface area contributed by atoms with Crippen molar-refractivity contribution in [3.05, 3.63) is 56.7 Å². The Bertz CT molecular complexity index is 1030. The van der Waals surface area contributed by atoms with Crippen molar-refractivity contribution >= 4 is 33.3 Å².